The Labute approximate surface area is 131 Å². The zero-order valence-electron chi connectivity index (χ0n) is 11.0. The zero-order chi connectivity index (χ0) is 15.7. The number of aromatic amines is 1. The van der Waals surface area contributed by atoms with Gasteiger partial charge in [0.1, 0.15) is 6.54 Å². The molecule has 0 saturated heterocycles. The van der Waals surface area contributed by atoms with Crippen molar-refractivity contribution in [3.63, 3.8) is 0 Å². The number of halogens is 3. The molecule has 0 radical (unpaired) electrons. The molecule has 2 N–H and O–H groups in total. The fourth-order valence-corrected chi connectivity index (χ4v) is 3.04. The number of H-pyrrole nitrogens is 1. The standard InChI is InChI=1S/C12H10ClF2N5OS/c13-7-1-2-8-9(3-7)16-4-10(8)22(21)19-12-5-17-20(18-12)6-11(14)15/h1-5,11,16H,6H2,(H,18,19). The average Bonchev–Trinajstić information content (AvgIpc) is 3.04. The number of hydrogen-bond acceptors (Lipinski definition) is 3. The van der Waals surface area contributed by atoms with Gasteiger partial charge < -0.3 is 4.98 Å². The van der Waals surface area contributed by atoms with Gasteiger partial charge in [0.2, 0.25) is 0 Å². The molecular weight excluding hydrogens is 336 g/mol. The molecule has 6 nitrogen and oxygen atoms in total. The first-order valence-electron chi connectivity index (χ1n) is 6.16. The highest BCUT2D eigenvalue weighted by Crippen LogP contribution is 2.24. The summed E-state index contributed by atoms with van der Waals surface area (Å²) in [6, 6.07) is 5.16. The zero-order valence-corrected chi connectivity index (χ0v) is 12.5. The van der Waals surface area contributed by atoms with E-state index in [0.29, 0.717) is 9.92 Å². The first-order chi connectivity index (χ1) is 10.5. The number of aromatic nitrogens is 4. The van der Waals surface area contributed by atoms with E-state index in [9.17, 15) is 13.0 Å². The summed E-state index contributed by atoms with van der Waals surface area (Å²) >= 11 is 5.89. The maximum absolute atomic E-state index is 12.3. The highest BCUT2D eigenvalue weighted by molar-refractivity contribution is 7.86. The van der Waals surface area contributed by atoms with Gasteiger partial charge in [0, 0.05) is 22.1 Å². The maximum atomic E-state index is 12.3. The number of alkyl halides is 2. The van der Waals surface area contributed by atoms with Crippen molar-refractivity contribution in [2.24, 2.45) is 0 Å². The molecule has 0 aliphatic heterocycles. The quantitative estimate of drug-likeness (QED) is 0.746. The number of fused-ring (bicyclic) bond motifs is 1. The summed E-state index contributed by atoms with van der Waals surface area (Å²) in [6.45, 7) is -0.611. The summed E-state index contributed by atoms with van der Waals surface area (Å²) in [7, 11) is -1.61. The third kappa shape index (κ3) is 3.09. The van der Waals surface area contributed by atoms with E-state index in [0.717, 1.165) is 15.7 Å². The van der Waals surface area contributed by atoms with Crippen molar-refractivity contribution >= 4 is 39.3 Å². The van der Waals surface area contributed by atoms with Gasteiger partial charge in [-0.2, -0.15) is 9.90 Å². The summed E-state index contributed by atoms with van der Waals surface area (Å²) < 4.78 is 39.4. The summed E-state index contributed by atoms with van der Waals surface area (Å²) in [5.41, 5.74) is 0.749. The largest absolute Gasteiger partial charge is 0.360 e. The minimum atomic E-state index is -2.55. The molecule has 2 aromatic heterocycles. The van der Waals surface area contributed by atoms with Crippen molar-refractivity contribution in [1.29, 1.82) is 0 Å². The number of nitrogens with one attached hydrogen (secondary N) is 2. The first-order valence-corrected chi connectivity index (χ1v) is 7.69. The Bertz CT molecular complexity index is 834. The van der Waals surface area contributed by atoms with Gasteiger partial charge in [0.15, 0.2) is 16.8 Å². The van der Waals surface area contributed by atoms with Gasteiger partial charge in [-0.05, 0) is 12.1 Å². The van der Waals surface area contributed by atoms with Crippen LogP contribution in [0.2, 0.25) is 5.02 Å². The van der Waals surface area contributed by atoms with E-state index < -0.39 is 24.0 Å². The lowest BCUT2D eigenvalue weighted by Gasteiger charge is -2.01. The van der Waals surface area contributed by atoms with Crippen molar-refractivity contribution in [3.05, 3.63) is 35.6 Å². The fourth-order valence-electron chi connectivity index (χ4n) is 1.93. The summed E-state index contributed by atoms with van der Waals surface area (Å²) in [4.78, 5) is 4.32. The van der Waals surface area contributed by atoms with Crippen LogP contribution in [-0.2, 0) is 17.5 Å². The van der Waals surface area contributed by atoms with Crippen LogP contribution in [-0.4, -0.2) is 30.6 Å². The van der Waals surface area contributed by atoms with Gasteiger partial charge in [-0.1, -0.05) is 17.7 Å². The minimum Gasteiger partial charge on any atom is -0.360 e. The van der Waals surface area contributed by atoms with Gasteiger partial charge in [0.05, 0.1) is 11.1 Å². The second kappa shape index (κ2) is 6.01. The molecule has 3 rings (SSSR count). The van der Waals surface area contributed by atoms with E-state index in [1.54, 1.807) is 24.4 Å². The third-order valence-corrected chi connectivity index (χ3v) is 4.21. The van der Waals surface area contributed by atoms with Crippen LogP contribution in [0.1, 0.15) is 0 Å². The van der Waals surface area contributed by atoms with Crippen LogP contribution in [0, 0.1) is 0 Å². The van der Waals surface area contributed by atoms with Crippen LogP contribution in [0.25, 0.3) is 10.9 Å². The average molecular weight is 346 g/mol. The first kappa shape index (κ1) is 14.9. The number of rotatable bonds is 5. The topological polar surface area (TPSA) is 75.6 Å². The minimum absolute atomic E-state index is 0.155. The smallest absolute Gasteiger partial charge is 0.259 e. The van der Waals surface area contributed by atoms with Gasteiger partial charge in [-0.15, -0.1) is 5.10 Å². The molecule has 2 heterocycles. The Balaban J connectivity index is 1.80. The van der Waals surface area contributed by atoms with Crippen molar-refractivity contribution in [2.45, 2.75) is 17.9 Å². The molecule has 0 amide bonds. The van der Waals surface area contributed by atoms with Crippen molar-refractivity contribution in [2.75, 3.05) is 4.72 Å². The summed E-state index contributed by atoms with van der Waals surface area (Å²) in [6.07, 6.45) is 0.281. The van der Waals surface area contributed by atoms with Crippen LogP contribution in [0.3, 0.4) is 0 Å². The third-order valence-electron chi connectivity index (χ3n) is 2.84. The van der Waals surface area contributed by atoms with Gasteiger partial charge in [0.25, 0.3) is 6.43 Å². The number of hydrogen-bond donors (Lipinski definition) is 2. The highest BCUT2D eigenvalue weighted by Gasteiger charge is 2.13. The monoisotopic (exact) mass is 345 g/mol. The Morgan fingerprint density at radius 2 is 2.27 bits per heavy atom. The molecule has 0 aliphatic carbocycles. The van der Waals surface area contributed by atoms with E-state index in [4.69, 9.17) is 11.6 Å². The van der Waals surface area contributed by atoms with Gasteiger partial charge in [-0.25, -0.2) is 13.0 Å². The Hall–Kier alpha value is -2.00. The molecule has 0 aliphatic rings. The molecule has 1 atom stereocenters. The lowest BCUT2D eigenvalue weighted by molar-refractivity contribution is 0.116. The molecule has 22 heavy (non-hydrogen) atoms. The van der Waals surface area contributed by atoms with Gasteiger partial charge in [-0.3, -0.25) is 4.72 Å². The summed E-state index contributed by atoms with van der Waals surface area (Å²) in [5, 5.41) is 8.76. The maximum Gasteiger partial charge on any atom is 0.259 e. The molecule has 0 spiro atoms. The predicted octanol–water partition coefficient (Wildman–Crippen LogP) is 2.81. The Morgan fingerprint density at radius 1 is 1.45 bits per heavy atom. The molecule has 1 aromatic carbocycles. The molecule has 0 saturated carbocycles. The molecule has 1 unspecified atom stereocenters. The molecule has 116 valence electrons. The van der Waals surface area contributed by atoms with E-state index in [-0.39, 0.29) is 5.82 Å². The molecular formula is C12H10ClF2N5OS. The number of benzene rings is 1. The molecule has 0 bridgehead atoms. The van der Waals surface area contributed by atoms with Crippen LogP contribution >= 0.6 is 11.6 Å². The van der Waals surface area contributed by atoms with Crippen LogP contribution in [0.4, 0.5) is 14.6 Å². The van der Waals surface area contributed by atoms with E-state index >= 15 is 0 Å². The van der Waals surface area contributed by atoms with Crippen molar-refractivity contribution in [1.82, 2.24) is 20.0 Å². The number of anilines is 1. The van der Waals surface area contributed by atoms with Gasteiger partial charge >= 0.3 is 0 Å². The highest BCUT2D eigenvalue weighted by atomic mass is 35.5. The van der Waals surface area contributed by atoms with Crippen LogP contribution in [0.5, 0.6) is 0 Å². The Morgan fingerprint density at radius 3 is 3.05 bits per heavy atom. The second-order valence-electron chi connectivity index (χ2n) is 4.39. The lowest BCUT2D eigenvalue weighted by Crippen LogP contribution is -2.10. The van der Waals surface area contributed by atoms with E-state index in [1.165, 1.54) is 6.20 Å². The van der Waals surface area contributed by atoms with Crippen molar-refractivity contribution < 1.29 is 13.0 Å². The lowest BCUT2D eigenvalue weighted by atomic mass is 10.2. The second-order valence-corrected chi connectivity index (χ2v) is 6.01. The molecule has 3 aromatic rings. The predicted molar refractivity (Wildman–Crippen MR) is 79.4 cm³/mol. The number of nitrogens with zero attached hydrogens (tertiary/aromatic N) is 3. The van der Waals surface area contributed by atoms with Crippen molar-refractivity contribution in [3.8, 4) is 0 Å². The van der Waals surface area contributed by atoms with E-state index in [2.05, 4.69) is 19.9 Å². The fraction of sp³-hybridized carbons (Fsp3) is 0.167. The van der Waals surface area contributed by atoms with Crippen LogP contribution < -0.4 is 4.72 Å². The summed E-state index contributed by atoms with van der Waals surface area (Å²) in [5.74, 6) is 0.155. The molecule has 10 heteroatoms. The normalized spacial score (nSPS) is 12.9. The van der Waals surface area contributed by atoms with E-state index in [1.807, 2.05) is 0 Å². The Kier molecular flexibility index (Phi) is 4.08. The SMILES string of the molecule is O=S(Nc1cnn(CC(F)F)n1)c1c[nH]c2cc(Cl)ccc12. The molecule has 0 fully saturated rings. The van der Waals surface area contributed by atoms with Crippen LogP contribution in [0.15, 0.2) is 35.5 Å².